The lowest BCUT2D eigenvalue weighted by molar-refractivity contribution is 0.122. The van der Waals surface area contributed by atoms with Crippen LogP contribution in [0, 0.1) is 11.3 Å². The lowest BCUT2D eigenvalue weighted by atomic mass is 9.86. The zero-order chi connectivity index (χ0) is 12.1. The van der Waals surface area contributed by atoms with Gasteiger partial charge in [0, 0.05) is 12.6 Å². The lowest BCUT2D eigenvalue weighted by Gasteiger charge is -2.37. The van der Waals surface area contributed by atoms with Crippen LogP contribution in [0.5, 0.6) is 0 Å². The fraction of sp³-hybridized carbons (Fsp3) is 1.00. The summed E-state index contributed by atoms with van der Waals surface area (Å²) in [6.07, 6.45) is 2.48. The van der Waals surface area contributed by atoms with Crippen molar-refractivity contribution in [3.63, 3.8) is 0 Å². The molecule has 2 heteroatoms. The Labute approximate surface area is 96.2 Å². The Hall–Kier alpha value is -0.0800. The van der Waals surface area contributed by atoms with Gasteiger partial charge in [-0.15, -0.1) is 0 Å². The summed E-state index contributed by atoms with van der Waals surface area (Å²) in [7, 11) is 2.22. The molecule has 0 aromatic heterocycles. The molecule has 0 aromatic carbocycles. The van der Waals surface area contributed by atoms with E-state index >= 15 is 0 Å². The van der Waals surface area contributed by atoms with Gasteiger partial charge in [-0.05, 0) is 38.3 Å². The Morgan fingerprint density at radius 2 is 1.80 bits per heavy atom. The molecule has 0 spiro atoms. The summed E-state index contributed by atoms with van der Waals surface area (Å²) in [5.41, 5.74) is 6.14. The van der Waals surface area contributed by atoms with Gasteiger partial charge in [-0.2, -0.15) is 0 Å². The molecule has 0 saturated heterocycles. The van der Waals surface area contributed by atoms with Gasteiger partial charge in [-0.25, -0.2) is 0 Å². The third-order valence-electron chi connectivity index (χ3n) is 3.49. The van der Waals surface area contributed by atoms with E-state index in [0.717, 1.165) is 13.1 Å². The van der Waals surface area contributed by atoms with Crippen LogP contribution in [0.3, 0.4) is 0 Å². The highest BCUT2D eigenvalue weighted by molar-refractivity contribution is 4.79. The molecule has 0 heterocycles. The smallest absolute Gasteiger partial charge is 0.0112 e. The molecule has 0 amide bonds. The fourth-order valence-corrected chi connectivity index (χ4v) is 1.92. The minimum Gasteiger partial charge on any atom is -0.330 e. The number of rotatable bonds is 6. The van der Waals surface area contributed by atoms with Gasteiger partial charge in [0.25, 0.3) is 0 Å². The molecular weight excluding hydrogens is 184 g/mol. The molecule has 0 saturated carbocycles. The molecular formula is C13H30N2. The highest BCUT2D eigenvalue weighted by atomic mass is 15.1. The molecule has 15 heavy (non-hydrogen) atoms. The molecule has 2 nitrogen and oxygen atoms in total. The maximum atomic E-state index is 5.79. The minimum absolute atomic E-state index is 0.347. The van der Waals surface area contributed by atoms with Crippen molar-refractivity contribution in [2.24, 2.45) is 17.1 Å². The Kier molecular flexibility index (Phi) is 6.46. The van der Waals surface area contributed by atoms with Crippen molar-refractivity contribution in [3.05, 3.63) is 0 Å². The van der Waals surface area contributed by atoms with Crippen LogP contribution in [0.4, 0.5) is 0 Å². The van der Waals surface area contributed by atoms with Crippen molar-refractivity contribution in [3.8, 4) is 0 Å². The third kappa shape index (κ3) is 5.53. The van der Waals surface area contributed by atoms with Crippen LogP contribution in [-0.2, 0) is 0 Å². The maximum Gasteiger partial charge on any atom is 0.0112 e. The summed E-state index contributed by atoms with van der Waals surface area (Å²) in [6.45, 7) is 13.4. The molecule has 0 bridgehead atoms. The van der Waals surface area contributed by atoms with Crippen LogP contribution in [0.2, 0.25) is 0 Å². The van der Waals surface area contributed by atoms with Gasteiger partial charge in [0.1, 0.15) is 0 Å². The first kappa shape index (κ1) is 14.9. The van der Waals surface area contributed by atoms with Crippen molar-refractivity contribution >= 4 is 0 Å². The minimum atomic E-state index is 0.347. The zero-order valence-corrected chi connectivity index (χ0v) is 11.5. The first-order valence-corrected chi connectivity index (χ1v) is 6.23. The topological polar surface area (TPSA) is 29.3 Å². The largest absolute Gasteiger partial charge is 0.330 e. The van der Waals surface area contributed by atoms with Gasteiger partial charge in [0.15, 0.2) is 0 Å². The summed E-state index contributed by atoms with van der Waals surface area (Å²) in [5.74, 6) is 0.657. The number of nitrogens with zero attached hydrogens (tertiary/aromatic N) is 1. The zero-order valence-electron chi connectivity index (χ0n) is 11.5. The van der Waals surface area contributed by atoms with E-state index in [9.17, 15) is 0 Å². The van der Waals surface area contributed by atoms with E-state index < -0.39 is 0 Å². The second-order valence-corrected chi connectivity index (χ2v) is 5.87. The Balaban J connectivity index is 4.15. The van der Waals surface area contributed by atoms with E-state index in [1.165, 1.54) is 12.8 Å². The van der Waals surface area contributed by atoms with E-state index in [4.69, 9.17) is 5.73 Å². The highest BCUT2D eigenvalue weighted by Gasteiger charge is 2.24. The van der Waals surface area contributed by atoms with Crippen LogP contribution in [0.25, 0.3) is 0 Å². The third-order valence-corrected chi connectivity index (χ3v) is 3.49. The van der Waals surface area contributed by atoms with Crippen molar-refractivity contribution in [2.45, 2.75) is 53.5 Å². The van der Waals surface area contributed by atoms with Crippen LogP contribution >= 0.6 is 0 Å². The summed E-state index contributed by atoms with van der Waals surface area (Å²) >= 11 is 0. The summed E-state index contributed by atoms with van der Waals surface area (Å²) in [4.78, 5) is 2.45. The molecule has 2 N–H and O–H groups in total. The monoisotopic (exact) mass is 214 g/mol. The maximum absolute atomic E-state index is 5.79. The first-order valence-electron chi connectivity index (χ1n) is 6.23. The second-order valence-electron chi connectivity index (χ2n) is 5.87. The Bertz CT molecular complexity index is 160. The number of nitrogens with two attached hydrogens (primary N) is 1. The number of hydrogen-bond donors (Lipinski definition) is 1. The molecule has 0 aliphatic heterocycles. The van der Waals surface area contributed by atoms with Crippen LogP contribution < -0.4 is 5.73 Å². The molecule has 0 aliphatic rings. The predicted molar refractivity (Wildman–Crippen MR) is 69.0 cm³/mol. The fourth-order valence-electron chi connectivity index (χ4n) is 1.92. The summed E-state index contributed by atoms with van der Waals surface area (Å²) in [6, 6.07) is 0.600. The standard InChI is InChI=1S/C13H30N2/c1-7-8-12(9-14)10-15(6)11(2)13(3,4)5/h11-12H,7-10,14H2,1-6H3. The Morgan fingerprint density at radius 3 is 2.13 bits per heavy atom. The van der Waals surface area contributed by atoms with Gasteiger partial charge in [-0.1, -0.05) is 34.1 Å². The first-order chi connectivity index (χ1) is 6.82. The molecule has 0 radical (unpaired) electrons. The molecule has 2 unspecified atom stereocenters. The van der Waals surface area contributed by atoms with Gasteiger partial charge < -0.3 is 10.6 Å². The van der Waals surface area contributed by atoms with Crippen molar-refractivity contribution in [1.29, 1.82) is 0 Å². The molecule has 0 aromatic rings. The SMILES string of the molecule is CCCC(CN)CN(C)C(C)C(C)(C)C. The quantitative estimate of drug-likeness (QED) is 0.736. The van der Waals surface area contributed by atoms with Gasteiger partial charge >= 0.3 is 0 Å². The summed E-state index contributed by atoms with van der Waals surface area (Å²) in [5, 5.41) is 0. The highest BCUT2D eigenvalue weighted by Crippen LogP contribution is 2.23. The van der Waals surface area contributed by atoms with Crippen molar-refractivity contribution in [2.75, 3.05) is 20.1 Å². The summed E-state index contributed by atoms with van der Waals surface area (Å²) < 4.78 is 0. The molecule has 0 rings (SSSR count). The lowest BCUT2D eigenvalue weighted by Crippen LogP contribution is -2.42. The molecule has 2 atom stereocenters. The van der Waals surface area contributed by atoms with E-state index in [1.807, 2.05) is 0 Å². The van der Waals surface area contributed by atoms with Crippen molar-refractivity contribution < 1.29 is 0 Å². The molecule has 0 aliphatic carbocycles. The predicted octanol–water partition coefficient (Wildman–Crippen LogP) is 2.73. The normalized spacial score (nSPS) is 16.8. The van der Waals surface area contributed by atoms with Crippen LogP contribution in [0.15, 0.2) is 0 Å². The van der Waals surface area contributed by atoms with Crippen LogP contribution in [0.1, 0.15) is 47.5 Å². The van der Waals surface area contributed by atoms with E-state index in [1.54, 1.807) is 0 Å². The molecule has 0 fully saturated rings. The van der Waals surface area contributed by atoms with E-state index in [-0.39, 0.29) is 0 Å². The second kappa shape index (κ2) is 6.49. The van der Waals surface area contributed by atoms with Gasteiger partial charge in [-0.3, -0.25) is 0 Å². The number of hydrogen-bond acceptors (Lipinski definition) is 2. The van der Waals surface area contributed by atoms with E-state index in [0.29, 0.717) is 17.4 Å². The average molecular weight is 214 g/mol. The van der Waals surface area contributed by atoms with Gasteiger partial charge in [0.05, 0.1) is 0 Å². The van der Waals surface area contributed by atoms with Gasteiger partial charge in [0.2, 0.25) is 0 Å². The van der Waals surface area contributed by atoms with E-state index in [2.05, 4.69) is 46.6 Å². The molecule has 92 valence electrons. The average Bonchev–Trinajstić information content (AvgIpc) is 2.14. The van der Waals surface area contributed by atoms with Crippen molar-refractivity contribution in [1.82, 2.24) is 4.90 Å². The Morgan fingerprint density at radius 1 is 1.27 bits per heavy atom. The van der Waals surface area contributed by atoms with Crippen LogP contribution in [-0.4, -0.2) is 31.1 Å².